The molecule has 0 bridgehead atoms. The van der Waals surface area contributed by atoms with Crippen LogP contribution in [0, 0.1) is 0 Å². The summed E-state index contributed by atoms with van der Waals surface area (Å²) in [4.78, 5) is 13.9. The molecule has 1 aliphatic heterocycles. The highest BCUT2D eigenvalue weighted by molar-refractivity contribution is 6.05. The number of hydrogen-bond acceptors (Lipinski definition) is 3. The summed E-state index contributed by atoms with van der Waals surface area (Å²) < 4.78 is 5.42. The van der Waals surface area contributed by atoms with E-state index in [9.17, 15) is 4.79 Å². The van der Waals surface area contributed by atoms with Crippen LogP contribution in [0.4, 0.5) is 5.69 Å². The fraction of sp³-hybridized carbons (Fsp3) is 0.235. The van der Waals surface area contributed by atoms with Crippen LogP contribution in [0.15, 0.2) is 54.6 Å². The first-order valence-corrected chi connectivity index (χ1v) is 7.09. The van der Waals surface area contributed by atoms with Gasteiger partial charge in [-0.25, -0.2) is 0 Å². The number of hydrogen-bond donors (Lipinski definition) is 1. The fourth-order valence-corrected chi connectivity index (χ4v) is 2.68. The number of carbonyl (C=O) groups is 1. The van der Waals surface area contributed by atoms with E-state index in [2.05, 4.69) is 0 Å². The Labute approximate surface area is 124 Å². The molecule has 0 spiro atoms. The molecule has 0 radical (unpaired) electrons. The Bertz CT molecular complexity index is 625. The second kappa shape index (κ2) is 5.58. The Morgan fingerprint density at radius 3 is 2.38 bits per heavy atom. The molecular formula is C17H18N2O2. The molecule has 2 aromatic rings. The number of anilines is 1. The van der Waals surface area contributed by atoms with Gasteiger partial charge in [-0.15, -0.1) is 0 Å². The van der Waals surface area contributed by atoms with Crippen molar-refractivity contribution in [3.63, 3.8) is 0 Å². The number of carbonyl (C=O) groups excluding carboxylic acids is 1. The minimum atomic E-state index is -0.473. The molecule has 1 fully saturated rings. The van der Waals surface area contributed by atoms with Crippen LogP contribution in [-0.4, -0.2) is 18.6 Å². The summed E-state index contributed by atoms with van der Waals surface area (Å²) in [6.07, 6.45) is 0. The number of nitrogens with zero attached hydrogens (tertiary/aromatic N) is 1. The summed E-state index contributed by atoms with van der Waals surface area (Å²) in [5, 5.41) is 0. The zero-order chi connectivity index (χ0) is 14.8. The lowest BCUT2D eigenvalue weighted by atomic mass is 9.88. The van der Waals surface area contributed by atoms with Crippen molar-refractivity contribution in [3.8, 4) is 5.75 Å². The van der Waals surface area contributed by atoms with Gasteiger partial charge in [-0.1, -0.05) is 30.3 Å². The van der Waals surface area contributed by atoms with Gasteiger partial charge in [0.2, 0.25) is 5.91 Å². The first-order valence-electron chi connectivity index (χ1n) is 7.09. The van der Waals surface area contributed by atoms with Crippen LogP contribution in [0.3, 0.4) is 0 Å². The summed E-state index contributed by atoms with van der Waals surface area (Å²) in [5.74, 6) is 0.753. The van der Waals surface area contributed by atoms with Crippen LogP contribution < -0.4 is 15.4 Å². The number of rotatable bonds is 4. The minimum Gasteiger partial charge on any atom is -0.494 e. The van der Waals surface area contributed by atoms with Crippen LogP contribution in [0.5, 0.6) is 5.75 Å². The number of nitrogens with two attached hydrogens (primary N) is 1. The number of β-lactam (4-membered cyclic amide) rings is 1. The maximum Gasteiger partial charge on any atom is 0.247 e. The molecule has 2 unspecified atom stereocenters. The van der Waals surface area contributed by atoms with Gasteiger partial charge < -0.3 is 15.4 Å². The lowest BCUT2D eigenvalue weighted by Crippen LogP contribution is -2.63. The Balaban J connectivity index is 1.87. The van der Waals surface area contributed by atoms with Crippen molar-refractivity contribution in [1.82, 2.24) is 0 Å². The molecule has 0 saturated carbocycles. The van der Waals surface area contributed by atoms with E-state index in [1.807, 2.05) is 61.5 Å². The van der Waals surface area contributed by atoms with Crippen molar-refractivity contribution in [2.24, 2.45) is 5.73 Å². The quantitative estimate of drug-likeness (QED) is 0.877. The Hall–Kier alpha value is -2.33. The highest BCUT2D eigenvalue weighted by atomic mass is 16.5. The first-order chi connectivity index (χ1) is 10.2. The van der Waals surface area contributed by atoms with Crippen molar-refractivity contribution in [3.05, 3.63) is 60.2 Å². The Kier molecular flexibility index (Phi) is 3.62. The third-order valence-electron chi connectivity index (χ3n) is 3.71. The molecule has 0 aromatic heterocycles. The summed E-state index contributed by atoms with van der Waals surface area (Å²) >= 11 is 0. The lowest BCUT2D eigenvalue weighted by molar-refractivity contribution is -0.126. The molecule has 2 atom stereocenters. The molecular weight excluding hydrogens is 264 g/mol. The summed E-state index contributed by atoms with van der Waals surface area (Å²) in [6, 6.07) is 16.8. The highest BCUT2D eigenvalue weighted by Crippen LogP contribution is 2.38. The van der Waals surface area contributed by atoms with Crippen LogP contribution >= 0.6 is 0 Å². The molecule has 2 aromatic carbocycles. The van der Waals surface area contributed by atoms with E-state index in [-0.39, 0.29) is 11.9 Å². The molecule has 4 heteroatoms. The van der Waals surface area contributed by atoms with Crippen LogP contribution in [0.2, 0.25) is 0 Å². The van der Waals surface area contributed by atoms with E-state index < -0.39 is 6.04 Å². The van der Waals surface area contributed by atoms with E-state index in [0.29, 0.717) is 6.61 Å². The first kappa shape index (κ1) is 13.6. The van der Waals surface area contributed by atoms with Crippen LogP contribution in [0.25, 0.3) is 0 Å². The van der Waals surface area contributed by atoms with E-state index in [4.69, 9.17) is 10.5 Å². The van der Waals surface area contributed by atoms with Crippen LogP contribution in [0.1, 0.15) is 18.5 Å². The van der Waals surface area contributed by atoms with Gasteiger partial charge in [0, 0.05) is 5.69 Å². The van der Waals surface area contributed by atoms with E-state index in [1.54, 1.807) is 4.90 Å². The Morgan fingerprint density at radius 1 is 1.10 bits per heavy atom. The van der Waals surface area contributed by atoms with Crippen molar-refractivity contribution in [2.75, 3.05) is 11.5 Å². The van der Waals surface area contributed by atoms with Crippen molar-refractivity contribution >= 4 is 11.6 Å². The predicted octanol–water partition coefficient (Wildman–Crippen LogP) is 2.50. The zero-order valence-corrected chi connectivity index (χ0v) is 11.9. The SMILES string of the molecule is CCOc1ccc(N2C(=O)C(N)C2c2ccccc2)cc1. The average molecular weight is 282 g/mol. The summed E-state index contributed by atoms with van der Waals surface area (Å²) in [6.45, 7) is 2.57. The van der Waals surface area contributed by atoms with Crippen molar-refractivity contribution in [1.29, 1.82) is 0 Å². The van der Waals surface area contributed by atoms with Gasteiger partial charge in [0.05, 0.1) is 12.6 Å². The van der Waals surface area contributed by atoms with E-state index in [1.165, 1.54) is 0 Å². The number of amides is 1. The smallest absolute Gasteiger partial charge is 0.247 e. The topological polar surface area (TPSA) is 55.6 Å². The maximum absolute atomic E-state index is 12.1. The zero-order valence-electron chi connectivity index (χ0n) is 11.9. The van der Waals surface area contributed by atoms with Gasteiger partial charge >= 0.3 is 0 Å². The van der Waals surface area contributed by atoms with Gasteiger partial charge in [-0.05, 0) is 36.8 Å². The largest absolute Gasteiger partial charge is 0.494 e. The number of ether oxygens (including phenoxy) is 1. The molecule has 1 heterocycles. The summed E-state index contributed by atoms with van der Waals surface area (Å²) in [5.41, 5.74) is 7.89. The molecule has 1 amide bonds. The van der Waals surface area contributed by atoms with Gasteiger partial charge in [0.25, 0.3) is 0 Å². The lowest BCUT2D eigenvalue weighted by Gasteiger charge is -2.45. The molecule has 108 valence electrons. The minimum absolute atomic E-state index is 0.0481. The van der Waals surface area contributed by atoms with Gasteiger partial charge in [-0.3, -0.25) is 4.79 Å². The standard InChI is InChI=1S/C17H18N2O2/c1-2-21-14-10-8-13(9-11-14)19-16(15(18)17(19)20)12-6-4-3-5-7-12/h3-11,15-16H,2,18H2,1H3. The van der Waals surface area contributed by atoms with Gasteiger partial charge in [0.1, 0.15) is 11.8 Å². The second-order valence-corrected chi connectivity index (χ2v) is 5.02. The fourth-order valence-electron chi connectivity index (χ4n) is 2.68. The summed E-state index contributed by atoms with van der Waals surface area (Å²) in [7, 11) is 0. The molecule has 1 saturated heterocycles. The third-order valence-corrected chi connectivity index (χ3v) is 3.71. The monoisotopic (exact) mass is 282 g/mol. The molecule has 4 nitrogen and oxygen atoms in total. The third kappa shape index (κ3) is 2.38. The molecule has 21 heavy (non-hydrogen) atoms. The van der Waals surface area contributed by atoms with E-state index >= 15 is 0 Å². The molecule has 0 aliphatic carbocycles. The van der Waals surface area contributed by atoms with Crippen molar-refractivity contribution < 1.29 is 9.53 Å². The van der Waals surface area contributed by atoms with Gasteiger partial charge in [-0.2, -0.15) is 0 Å². The maximum atomic E-state index is 12.1. The highest BCUT2D eigenvalue weighted by Gasteiger charge is 2.46. The molecule has 2 N–H and O–H groups in total. The predicted molar refractivity (Wildman–Crippen MR) is 82.3 cm³/mol. The van der Waals surface area contributed by atoms with Crippen LogP contribution in [-0.2, 0) is 4.79 Å². The van der Waals surface area contributed by atoms with E-state index in [0.717, 1.165) is 17.0 Å². The molecule has 1 aliphatic rings. The van der Waals surface area contributed by atoms with Crippen molar-refractivity contribution in [2.45, 2.75) is 19.0 Å². The normalized spacial score (nSPS) is 21.0. The molecule has 3 rings (SSSR count). The Morgan fingerprint density at radius 2 is 1.76 bits per heavy atom. The second-order valence-electron chi connectivity index (χ2n) is 5.02. The van der Waals surface area contributed by atoms with Gasteiger partial charge in [0.15, 0.2) is 0 Å². The number of benzene rings is 2. The average Bonchev–Trinajstić information content (AvgIpc) is 2.54.